The van der Waals surface area contributed by atoms with Crippen molar-refractivity contribution in [1.82, 2.24) is 4.57 Å². The number of hydrogen-bond donors (Lipinski definition) is 0. The van der Waals surface area contributed by atoms with Crippen LogP contribution in [0.2, 0.25) is 0 Å². The second-order valence-electron chi connectivity index (χ2n) is 18.0. The molecule has 0 aliphatic heterocycles. The summed E-state index contributed by atoms with van der Waals surface area (Å²) in [5.41, 5.74) is 13.2. The number of nitrogens with zero attached hydrogens (tertiary/aromatic N) is 2. The summed E-state index contributed by atoms with van der Waals surface area (Å²) < 4.78 is 8.67. The Morgan fingerprint density at radius 2 is 0.657 bits per heavy atom. The van der Waals surface area contributed by atoms with Gasteiger partial charge < -0.3 is 13.9 Å². The summed E-state index contributed by atoms with van der Waals surface area (Å²) in [5.74, 6) is 0. The first-order valence-electron chi connectivity index (χ1n) is 24.0. The molecule has 13 aromatic rings. The van der Waals surface area contributed by atoms with Crippen molar-refractivity contribution >= 4 is 89.6 Å². The Hall–Kier alpha value is -8.96. The van der Waals surface area contributed by atoms with Crippen molar-refractivity contribution in [2.75, 3.05) is 4.90 Å². The summed E-state index contributed by atoms with van der Waals surface area (Å²) in [7, 11) is -2.71. The second kappa shape index (κ2) is 17.3. The van der Waals surface area contributed by atoms with Gasteiger partial charge in [0.15, 0.2) is 8.07 Å². The third-order valence-corrected chi connectivity index (χ3v) is 19.0. The average molecular weight is 911 g/mol. The summed E-state index contributed by atoms with van der Waals surface area (Å²) in [4.78, 5) is 2.38. The van der Waals surface area contributed by atoms with Gasteiger partial charge in [0.1, 0.15) is 11.2 Å². The molecule has 0 spiro atoms. The number of rotatable bonds is 10. The van der Waals surface area contributed by atoms with E-state index in [2.05, 4.69) is 276 Å². The molecular weight excluding hydrogens is 865 g/mol. The molecule has 0 saturated carbocycles. The molecule has 70 heavy (non-hydrogen) atoms. The van der Waals surface area contributed by atoms with E-state index >= 15 is 0 Å². The Balaban J connectivity index is 0.895. The highest BCUT2D eigenvalue weighted by Crippen LogP contribution is 2.39. The molecule has 0 amide bonds. The van der Waals surface area contributed by atoms with Gasteiger partial charge in [-0.15, -0.1) is 0 Å². The molecule has 4 heteroatoms. The van der Waals surface area contributed by atoms with Crippen LogP contribution in [0.4, 0.5) is 17.1 Å². The van der Waals surface area contributed by atoms with Crippen molar-refractivity contribution in [2.45, 2.75) is 0 Å². The monoisotopic (exact) mass is 910 g/mol. The van der Waals surface area contributed by atoms with Gasteiger partial charge in [0.05, 0.1) is 11.0 Å². The number of para-hydroxylation sites is 3. The minimum Gasteiger partial charge on any atom is -0.456 e. The third kappa shape index (κ3) is 6.96. The quantitative estimate of drug-likeness (QED) is 0.101. The zero-order valence-electron chi connectivity index (χ0n) is 38.4. The van der Waals surface area contributed by atoms with Gasteiger partial charge in [-0.25, -0.2) is 0 Å². The van der Waals surface area contributed by atoms with E-state index in [1.54, 1.807) is 0 Å². The zero-order valence-corrected chi connectivity index (χ0v) is 39.4. The van der Waals surface area contributed by atoms with E-state index < -0.39 is 8.07 Å². The fourth-order valence-electron chi connectivity index (χ4n) is 10.9. The summed E-state index contributed by atoms with van der Waals surface area (Å²) >= 11 is 0. The summed E-state index contributed by atoms with van der Waals surface area (Å²) in [6.45, 7) is 0. The largest absolute Gasteiger partial charge is 0.456 e. The van der Waals surface area contributed by atoms with Gasteiger partial charge in [-0.1, -0.05) is 200 Å². The van der Waals surface area contributed by atoms with E-state index in [-0.39, 0.29) is 0 Å². The second-order valence-corrected chi connectivity index (χ2v) is 21.9. The number of aromatic nitrogens is 1. The van der Waals surface area contributed by atoms with Gasteiger partial charge in [0.25, 0.3) is 0 Å². The highest BCUT2D eigenvalue weighted by Gasteiger charge is 2.41. The zero-order chi connectivity index (χ0) is 46.4. The van der Waals surface area contributed by atoms with E-state index in [0.717, 1.165) is 61.4 Å². The lowest BCUT2D eigenvalue weighted by molar-refractivity contribution is 0.669. The van der Waals surface area contributed by atoms with Crippen LogP contribution < -0.4 is 25.6 Å². The Labute approximate surface area is 408 Å². The standard InChI is InChI=1S/C66H46N2OSi/c1-4-16-55(17-5-1)70(56-18-6-2-7-19-56,57-20-8-3-9-21-57)58-43-41-53(42-44-58)67(52-37-32-49(33-38-52)50-34-45-62-61-24-12-15-27-65(61)69-66(62)46-50)51-35-28-47(29-36-51)48-30-39-54(40-31-48)68-63-25-13-10-22-59(63)60-23-11-14-26-64(60)68/h1-46H. The minimum absolute atomic E-state index is 0.895. The Morgan fingerprint density at radius 1 is 0.286 bits per heavy atom. The van der Waals surface area contributed by atoms with Gasteiger partial charge in [-0.05, 0) is 122 Å². The van der Waals surface area contributed by atoms with E-state index in [4.69, 9.17) is 4.42 Å². The molecule has 3 nitrogen and oxygen atoms in total. The molecule has 0 bridgehead atoms. The molecule has 0 aliphatic rings. The van der Waals surface area contributed by atoms with Crippen molar-refractivity contribution in [3.63, 3.8) is 0 Å². The lowest BCUT2D eigenvalue weighted by Gasteiger charge is -2.35. The van der Waals surface area contributed by atoms with Crippen molar-refractivity contribution < 1.29 is 4.42 Å². The lowest BCUT2D eigenvalue weighted by Crippen LogP contribution is -2.74. The van der Waals surface area contributed by atoms with Crippen LogP contribution >= 0.6 is 0 Å². The molecule has 0 N–H and O–H groups in total. The normalized spacial score (nSPS) is 11.7. The molecule has 0 saturated heterocycles. The highest BCUT2D eigenvalue weighted by molar-refractivity contribution is 7.19. The fourth-order valence-corrected chi connectivity index (χ4v) is 15.6. The molecule has 13 rings (SSSR count). The van der Waals surface area contributed by atoms with Crippen LogP contribution in [0.3, 0.4) is 0 Å². The van der Waals surface area contributed by atoms with Crippen molar-refractivity contribution in [3.8, 4) is 27.9 Å². The van der Waals surface area contributed by atoms with Crippen LogP contribution in [0.5, 0.6) is 0 Å². The summed E-state index contributed by atoms with van der Waals surface area (Å²) in [6.07, 6.45) is 0. The molecule has 0 atom stereocenters. The fraction of sp³-hybridized carbons (Fsp3) is 0. The maximum absolute atomic E-state index is 6.30. The van der Waals surface area contributed by atoms with Crippen LogP contribution in [-0.4, -0.2) is 12.6 Å². The first-order chi connectivity index (χ1) is 34.7. The van der Waals surface area contributed by atoms with Crippen molar-refractivity contribution in [2.24, 2.45) is 0 Å². The van der Waals surface area contributed by atoms with E-state index in [9.17, 15) is 0 Å². The summed E-state index contributed by atoms with van der Waals surface area (Å²) in [5, 5.41) is 10.2. The summed E-state index contributed by atoms with van der Waals surface area (Å²) in [6, 6.07) is 102. The topological polar surface area (TPSA) is 21.3 Å². The molecule has 330 valence electrons. The Kier molecular flexibility index (Phi) is 10.2. The maximum atomic E-state index is 6.30. The molecule has 2 aromatic heterocycles. The van der Waals surface area contributed by atoms with E-state index in [1.807, 2.05) is 12.1 Å². The molecule has 0 unspecified atom stereocenters. The lowest BCUT2D eigenvalue weighted by atomic mass is 10.0. The minimum atomic E-state index is -2.71. The molecule has 11 aromatic carbocycles. The van der Waals surface area contributed by atoms with Crippen LogP contribution in [0, 0.1) is 0 Å². The third-order valence-electron chi connectivity index (χ3n) is 14.2. The SMILES string of the molecule is c1ccc([Si](c2ccccc2)(c2ccccc2)c2ccc(N(c3ccc(-c4ccc(-n5c6ccccc6c6ccccc65)cc4)cc3)c3ccc(-c4ccc5c(c4)oc4ccccc45)cc3)cc2)cc1. The number of fused-ring (bicyclic) bond motifs is 6. The predicted octanol–water partition coefficient (Wildman–Crippen LogP) is 14.9. The first-order valence-corrected chi connectivity index (χ1v) is 26.0. The number of furan rings is 1. The first kappa shape index (κ1) is 41.2. The van der Waals surface area contributed by atoms with E-state index in [1.165, 1.54) is 48.1 Å². The van der Waals surface area contributed by atoms with Crippen LogP contribution in [0.15, 0.2) is 283 Å². The van der Waals surface area contributed by atoms with Crippen molar-refractivity contribution in [1.29, 1.82) is 0 Å². The highest BCUT2D eigenvalue weighted by atomic mass is 28.3. The van der Waals surface area contributed by atoms with Crippen LogP contribution in [0.1, 0.15) is 0 Å². The number of benzene rings is 11. The van der Waals surface area contributed by atoms with Gasteiger partial charge in [-0.2, -0.15) is 0 Å². The predicted molar refractivity (Wildman–Crippen MR) is 297 cm³/mol. The van der Waals surface area contributed by atoms with Gasteiger partial charge in [-0.3, -0.25) is 0 Å². The molecule has 2 heterocycles. The van der Waals surface area contributed by atoms with Gasteiger partial charge in [0.2, 0.25) is 0 Å². The van der Waals surface area contributed by atoms with Crippen molar-refractivity contribution in [3.05, 3.63) is 279 Å². The molecular formula is C66H46N2OSi. The molecule has 0 fully saturated rings. The number of anilines is 3. The maximum Gasteiger partial charge on any atom is 0.179 e. The van der Waals surface area contributed by atoms with Crippen LogP contribution in [-0.2, 0) is 0 Å². The molecule has 0 aliphatic carbocycles. The number of hydrogen-bond acceptors (Lipinski definition) is 2. The van der Waals surface area contributed by atoms with E-state index in [0.29, 0.717) is 0 Å². The Morgan fingerprint density at radius 3 is 1.17 bits per heavy atom. The average Bonchev–Trinajstić information content (AvgIpc) is 3.99. The van der Waals surface area contributed by atoms with Gasteiger partial charge in [0, 0.05) is 44.3 Å². The smallest absolute Gasteiger partial charge is 0.179 e. The van der Waals surface area contributed by atoms with Gasteiger partial charge >= 0.3 is 0 Å². The Bertz CT molecular complexity index is 3810. The molecule has 0 radical (unpaired) electrons. The van der Waals surface area contributed by atoms with Crippen LogP contribution in [0.25, 0.3) is 71.7 Å².